The van der Waals surface area contributed by atoms with Crippen molar-refractivity contribution in [2.45, 2.75) is 12.8 Å². The van der Waals surface area contributed by atoms with Crippen molar-refractivity contribution in [1.29, 1.82) is 0 Å². The molecule has 0 fully saturated rings. The third-order valence-corrected chi connectivity index (χ3v) is 3.76. The standard InChI is InChI=1S/C19H16N4.Pt/c1-2-12-22(11-1)18-9-5-7-16(20-18)15-17-8-6-10-19(21-17)23-13-3-4-14-23;/h1-3,5-11H,4,14-15H2;/q-2;+2. The number of rotatable bonds is 4. The minimum Gasteiger partial charge on any atom is -0.496 e. The Bertz CT molecular complexity index is 827. The van der Waals surface area contributed by atoms with Crippen LogP contribution in [0.1, 0.15) is 17.8 Å². The van der Waals surface area contributed by atoms with Gasteiger partial charge in [-0.25, -0.2) is 0 Å². The van der Waals surface area contributed by atoms with Gasteiger partial charge in [0, 0.05) is 17.8 Å². The Hall–Kier alpha value is -2.19. The van der Waals surface area contributed by atoms with Crippen LogP contribution in [-0.4, -0.2) is 21.1 Å². The molecule has 0 unspecified atom stereocenters. The van der Waals surface area contributed by atoms with Gasteiger partial charge in [0.1, 0.15) is 0 Å². The maximum absolute atomic E-state index is 4.73. The Morgan fingerprint density at radius 3 is 2.38 bits per heavy atom. The molecule has 122 valence electrons. The van der Waals surface area contributed by atoms with Crippen LogP contribution in [0.5, 0.6) is 0 Å². The van der Waals surface area contributed by atoms with E-state index < -0.39 is 0 Å². The molecule has 3 aromatic rings. The molecule has 0 amide bonds. The molecular weight excluding hydrogens is 479 g/mol. The van der Waals surface area contributed by atoms with Gasteiger partial charge in [-0.05, 0) is 30.9 Å². The molecule has 5 heteroatoms. The molecule has 0 saturated heterocycles. The summed E-state index contributed by atoms with van der Waals surface area (Å²) in [5, 5.41) is 0. The fourth-order valence-electron chi connectivity index (χ4n) is 2.65. The van der Waals surface area contributed by atoms with Crippen molar-refractivity contribution >= 4 is 5.82 Å². The summed E-state index contributed by atoms with van der Waals surface area (Å²) in [6.07, 6.45) is 12.1. The number of hydrogen-bond acceptors (Lipinski definition) is 3. The summed E-state index contributed by atoms with van der Waals surface area (Å²) in [5.41, 5.74) is 2.01. The number of hydrogen-bond donors (Lipinski definition) is 0. The molecule has 1 aliphatic rings. The van der Waals surface area contributed by atoms with Crippen molar-refractivity contribution in [3.05, 3.63) is 84.6 Å². The SMILES string of the molecule is [C-]1=CCCN1c1cccc(Cc2cccc(-n3[c-]ccc3)n2)n1.[Pt+2]. The molecule has 3 aromatic heterocycles. The van der Waals surface area contributed by atoms with Gasteiger partial charge in [0.05, 0.1) is 5.82 Å². The summed E-state index contributed by atoms with van der Waals surface area (Å²) in [6.45, 7) is 0.952. The van der Waals surface area contributed by atoms with Crippen molar-refractivity contribution in [2.75, 3.05) is 11.4 Å². The van der Waals surface area contributed by atoms with Gasteiger partial charge in [-0.3, -0.25) is 4.98 Å². The van der Waals surface area contributed by atoms with Crippen LogP contribution >= 0.6 is 0 Å². The van der Waals surface area contributed by atoms with Crippen LogP contribution in [0.25, 0.3) is 5.82 Å². The van der Waals surface area contributed by atoms with Crippen molar-refractivity contribution in [1.82, 2.24) is 14.5 Å². The molecule has 4 nitrogen and oxygen atoms in total. The van der Waals surface area contributed by atoms with Gasteiger partial charge in [0.15, 0.2) is 0 Å². The number of aromatic nitrogens is 3. The van der Waals surface area contributed by atoms with Gasteiger partial charge in [-0.2, -0.15) is 18.3 Å². The van der Waals surface area contributed by atoms with E-state index in [1.54, 1.807) is 0 Å². The smallest absolute Gasteiger partial charge is 0.496 e. The molecule has 0 bridgehead atoms. The second-order valence-electron chi connectivity index (χ2n) is 5.43. The zero-order valence-corrected chi connectivity index (χ0v) is 15.3. The third kappa shape index (κ3) is 3.65. The molecular formula is C19H16N4Pt. The van der Waals surface area contributed by atoms with E-state index in [0.29, 0.717) is 6.42 Å². The largest absolute Gasteiger partial charge is 2.00 e. The van der Waals surface area contributed by atoms with Gasteiger partial charge in [0.25, 0.3) is 0 Å². The fourth-order valence-corrected chi connectivity index (χ4v) is 2.65. The minimum atomic E-state index is 0. The van der Waals surface area contributed by atoms with Crippen LogP contribution in [0, 0.1) is 12.4 Å². The number of nitrogens with zero attached hydrogens (tertiary/aromatic N) is 4. The van der Waals surface area contributed by atoms with E-state index >= 15 is 0 Å². The number of anilines is 1. The normalized spacial score (nSPS) is 13.1. The summed E-state index contributed by atoms with van der Waals surface area (Å²) < 4.78 is 1.89. The van der Waals surface area contributed by atoms with Gasteiger partial charge in [-0.1, -0.05) is 24.4 Å². The van der Waals surface area contributed by atoms with Crippen LogP contribution < -0.4 is 4.90 Å². The summed E-state index contributed by atoms with van der Waals surface area (Å²) in [7, 11) is 0. The zero-order chi connectivity index (χ0) is 15.5. The van der Waals surface area contributed by atoms with E-state index in [-0.39, 0.29) is 21.1 Å². The first-order valence-electron chi connectivity index (χ1n) is 7.71. The summed E-state index contributed by atoms with van der Waals surface area (Å²) in [4.78, 5) is 11.5. The Morgan fingerprint density at radius 1 is 0.958 bits per heavy atom. The van der Waals surface area contributed by atoms with E-state index in [1.165, 1.54) is 0 Å². The molecule has 1 aliphatic heterocycles. The van der Waals surface area contributed by atoms with E-state index in [9.17, 15) is 0 Å². The number of pyridine rings is 2. The molecule has 4 rings (SSSR count). The summed E-state index contributed by atoms with van der Waals surface area (Å²) in [5.74, 6) is 1.82. The first-order valence-corrected chi connectivity index (χ1v) is 7.71. The molecule has 0 N–H and O–H groups in total. The van der Waals surface area contributed by atoms with Crippen LogP contribution in [0.4, 0.5) is 5.82 Å². The van der Waals surface area contributed by atoms with Gasteiger partial charge in [-0.15, -0.1) is 18.3 Å². The summed E-state index contributed by atoms with van der Waals surface area (Å²) >= 11 is 0. The first kappa shape index (κ1) is 16.7. The average Bonchev–Trinajstić information content (AvgIpc) is 3.29. The van der Waals surface area contributed by atoms with Crippen molar-refractivity contribution < 1.29 is 21.1 Å². The van der Waals surface area contributed by atoms with Crippen LogP contribution in [-0.2, 0) is 27.5 Å². The Morgan fingerprint density at radius 2 is 1.71 bits per heavy atom. The van der Waals surface area contributed by atoms with Gasteiger partial charge < -0.3 is 14.5 Å². The quantitative estimate of drug-likeness (QED) is 0.522. The van der Waals surface area contributed by atoms with Crippen molar-refractivity contribution in [2.24, 2.45) is 0 Å². The van der Waals surface area contributed by atoms with Gasteiger partial charge >= 0.3 is 21.1 Å². The second-order valence-corrected chi connectivity index (χ2v) is 5.43. The predicted octanol–water partition coefficient (Wildman–Crippen LogP) is 3.18. The average molecular weight is 495 g/mol. The molecule has 0 atom stereocenters. The Kier molecular flexibility index (Phi) is 5.26. The van der Waals surface area contributed by atoms with Gasteiger partial charge in [0.2, 0.25) is 0 Å². The van der Waals surface area contributed by atoms with Crippen LogP contribution in [0.3, 0.4) is 0 Å². The fraction of sp³-hybridized carbons (Fsp3) is 0.158. The summed E-state index contributed by atoms with van der Waals surface area (Å²) in [6, 6.07) is 16.0. The molecule has 0 saturated carbocycles. The van der Waals surface area contributed by atoms with E-state index in [1.807, 2.05) is 65.4 Å². The predicted molar refractivity (Wildman–Crippen MR) is 89.2 cm³/mol. The zero-order valence-electron chi connectivity index (χ0n) is 13.0. The molecule has 0 aliphatic carbocycles. The second kappa shape index (κ2) is 7.59. The van der Waals surface area contributed by atoms with E-state index in [4.69, 9.17) is 9.97 Å². The van der Waals surface area contributed by atoms with E-state index in [0.717, 1.165) is 36.0 Å². The Balaban J connectivity index is 0.00000169. The first-order chi connectivity index (χ1) is 11.4. The molecule has 0 aromatic carbocycles. The maximum Gasteiger partial charge on any atom is 2.00 e. The third-order valence-electron chi connectivity index (χ3n) is 3.76. The monoisotopic (exact) mass is 495 g/mol. The molecule has 0 radical (unpaired) electrons. The van der Waals surface area contributed by atoms with Crippen molar-refractivity contribution in [3.63, 3.8) is 0 Å². The molecule has 24 heavy (non-hydrogen) atoms. The van der Waals surface area contributed by atoms with Crippen LogP contribution in [0.15, 0.2) is 60.8 Å². The van der Waals surface area contributed by atoms with E-state index in [2.05, 4.69) is 17.3 Å². The van der Waals surface area contributed by atoms with Crippen molar-refractivity contribution in [3.8, 4) is 5.82 Å². The topological polar surface area (TPSA) is 34.0 Å². The minimum absolute atomic E-state index is 0. The maximum atomic E-state index is 4.73. The Labute approximate surface area is 156 Å². The van der Waals surface area contributed by atoms with Crippen LogP contribution in [0.2, 0.25) is 0 Å². The molecule has 4 heterocycles. The molecule has 0 spiro atoms.